The number of aromatic nitrogens is 2. The molecule has 0 radical (unpaired) electrons. The summed E-state index contributed by atoms with van der Waals surface area (Å²) in [6.07, 6.45) is 0. The van der Waals surface area contributed by atoms with Crippen molar-refractivity contribution in [3.63, 3.8) is 0 Å². The minimum atomic E-state index is 0.121. The minimum absolute atomic E-state index is 0.121. The number of benzene rings is 4. The Balaban J connectivity index is 1.41. The predicted octanol–water partition coefficient (Wildman–Crippen LogP) is 6.38. The van der Waals surface area contributed by atoms with E-state index in [2.05, 4.69) is 9.97 Å². The summed E-state index contributed by atoms with van der Waals surface area (Å²) >= 11 is 0. The Bertz CT molecular complexity index is 1490. The van der Waals surface area contributed by atoms with Crippen molar-refractivity contribution in [1.29, 1.82) is 0 Å². The number of fused-ring (bicyclic) bond motifs is 2. The molecule has 154 valence electrons. The maximum atomic E-state index is 10.1. The van der Waals surface area contributed by atoms with Gasteiger partial charge < -0.3 is 19.0 Å². The molecule has 0 saturated carbocycles. The van der Waals surface area contributed by atoms with Gasteiger partial charge in [-0.1, -0.05) is 36.4 Å². The average molecular weight is 420 g/mol. The molecule has 6 nitrogen and oxygen atoms in total. The topological polar surface area (TPSA) is 92.5 Å². The fourth-order valence-electron chi connectivity index (χ4n) is 3.75. The number of aromatic hydroxyl groups is 2. The number of phenolic OH excluding ortho intramolecular Hbond substituents is 2. The summed E-state index contributed by atoms with van der Waals surface area (Å²) in [5.41, 5.74) is 5.60. The van der Waals surface area contributed by atoms with Gasteiger partial charge in [-0.25, -0.2) is 9.97 Å². The Hall–Kier alpha value is -4.58. The van der Waals surface area contributed by atoms with Gasteiger partial charge in [0.15, 0.2) is 11.2 Å². The van der Waals surface area contributed by atoms with Gasteiger partial charge in [-0.15, -0.1) is 0 Å². The molecule has 0 aliphatic rings. The lowest BCUT2D eigenvalue weighted by Gasteiger charge is -2.00. The van der Waals surface area contributed by atoms with Gasteiger partial charge in [0, 0.05) is 0 Å². The normalized spacial score (nSPS) is 11.4. The Morgan fingerprint density at radius 2 is 0.969 bits per heavy atom. The molecule has 2 N–H and O–H groups in total. The number of hydrogen-bond acceptors (Lipinski definition) is 6. The summed E-state index contributed by atoms with van der Waals surface area (Å²) in [4.78, 5) is 8.99. The van der Waals surface area contributed by atoms with Crippen molar-refractivity contribution < 1.29 is 19.0 Å². The number of phenols is 2. The average Bonchev–Trinajstić information content (AvgIpc) is 3.42. The second-order valence-corrected chi connectivity index (χ2v) is 7.44. The van der Waals surface area contributed by atoms with E-state index in [0.717, 1.165) is 11.1 Å². The van der Waals surface area contributed by atoms with Crippen LogP contribution in [0.1, 0.15) is 0 Å². The molecular weight excluding hydrogens is 404 g/mol. The molecule has 0 fully saturated rings. The first-order chi connectivity index (χ1) is 15.7. The van der Waals surface area contributed by atoms with E-state index in [1.54, 1.807) is 36.4 Å². The summed E-state index contributed by atoms with van der Waals surface area (Å²) in [5.74, 6) is 0.979. The van der Waals surface area contributed by atoms with Crippen molar-refractivity contribution in [1.82, 2.24) is 9.97 Å². The summed E-state index contributed by atoms with van der Waals surface area (Å²) in [5, 5.41) is 20.2. The van der Waals surface area contributed by atoms with Crippen LogP contribution in [0.2, 0.25) is 0 Å². The zero-order chi connectivity index (χ0) is 21.7. The van der Waals surface area contributed by atoms with Crippen LogP contribution in [0.3, 0.4) is 0 Å². The van der Waals surface area contributed by atoms with Gasteiger partial charge in [0.1, 0.15) is 22.5 Å². The Morgan fingerprint density at radius 3 is 1.41 bits per heavy atom. The van der Waals surface area contributed by atoms with Crippen molar-refractivity contribution in [3.8, 4) is 45.5 Å². The van der Waals surface area contributed by atoms with Crippen molar-refractivity contribution in [2.45, 2.75) is 0 Å². The van der Waals surface area contributed by atoms with Gasteiger partial charge in [-0.2, -0.15) is 0 Å². The maximum absolute atomic E-state index is 10.1. The SMILES string of the molecule is Oc1ccccc1-c1nc2ccc(-c3ccc4nc(-c5ccccc5O)oc4c3)cc2o1. The highest BCUT2D eigenvalue weighted by atomic mass is 16.4. The third-order valence-electron chi connectivity index (χ3n) is 5.38. The van der Waals surface area contributed by atoms with Crippen LogP contribution in [0.4, 0.5) is 0 Å². The molecule has 0 amide bonds. The molecule has 6 rings (SSSR count). The molecular formula is C26H16N2O4. The lowest BCUT2D eigenvalue weighted by Crippen LogP contribution is -1.79. The molecule has 0 atom stereocenters. The monoisotopic (exact) mass is 420 g/mol. The van der Waals surface area contributed by atoms with Crippen LogP contribution < -0.4 is 0 Å². The molecule has 6 heteroatoms. The first-order valence-corrected chi connectivity index (χ1v) is 10.0. The highest BCUT2D eigenvalue weighted by molar-refractivity contribution is 5.87. The Kier molecular flexibility index (Phi) is 3.98. The van der Waals surface area contributed by atoms with Gasteiger partial charge >= 0.3 is 0 Å². The van der Waals surface area contributed by atoms with Gasteiger partial charge in [-0.05, 0) is 59.7 Å². The van der Waals surface area contributed by atoms with E-state index in [1.807, 2.05) is 48.5 Å². The lowest BCUT2D eigenvalue weighted by atomic mass is 10.1. The third kappa shape index (κ3) is 2.97. The van der Waals surface area contributed by atoms with Crippen LogP contribution in [-0.2, 0) is 0 Å². The molecule has 4 aromatic carbocycles. The number of oxazole rings is 2. The largest absolute Gasteiger partial charge is 0.507 e. The van der Waals surface area contributed by atoms with E-state index in [9.17, 15) is 10.2 Å². The second kappa shape index (κ2) is 6.99. The zero-order valence-corrected chi connectivity index (χ0v) is 16.7. The Labute approximate surface area is 182 Å². The number of para-hydroxylation sites is 2. The second-order valence-electron chi connectivity index (χ2n) is 7.44. The third-order valence-corrected chi connectivity index (χ3v) is 5.38. The van der Waals surface area contributed by atoms with Crippen LogP contribution in [0, 0.1) is 0 Å². The fourth-order valence-corrected chi connectivity index (χ4v) is 3.75. The first kappa shape index (κ1) is 18.2. The summed E-state index contributed by atoms with van der Waals surface area (Å²) < 4.78 is 11.9. The molecule has 0 saturated heterocycles. The molecule has 6 aromatic rings. The molecule has 0 aliphatic carbocycles. The van der Waals surface area contributed by atoms with Crippen LogP contribution in [0.5, 0.6) is 11.5 Å². The quantitative estimate of drug-likeness (QED) is 0.345. The summed E-state index contributed by atoms with van der Waals surface area (Å²) in [6.45, 7) is 0. The van der Waals surface area contributed by atoms with E-state index in [-0.39, 0.29) is 11.5 Å². The van der Waals surface area contributed by atoms with E-state index in [4.69, 9.17) is 8.83 Å². The number of rotatable bonds is 3. The lowest BCUT2D eigenvalue weighted by molar-refractivity contribution is 0.473. The van der Waals surface area contributed by atoms with Crippen LogP contribution >= 0.6 is 0 Å². The van der Waals surface area contributed by atoms with E-state index in [0.29, 0.717) is 45.1 Å². The number of hydrogen-bond donors (Lipinski definition) is 2. The standard InChI is InChI=1S/C26H16N2O4/c29-21-7-3-1-5-17(21)25-27-19-11-9-15(13-23(19)31-25)16-10-12-20-24(14-16)32-26(28-20)18-6-2-4-8-22(18)30/h1-14,29-30H. The van der Waals surface area contributed by atoms with Crippen molar-refractivity contribution in [2.24, 2.45) is 0 Å². The van der Waals surface area contributed by atoms with E-state index in [1.165, 1.54) is 0 Å². The molecule has 0 unspecified atom stereocenters. The highest BCUT2D eigenvalue weighted by Gasteiger charge is 2.15. The molecule has 32 heavy (non-hydrogen) atoms. The van der Waals surface area contributed by atoms with E-state index < -0.39 is 0 Å². The van der Waals surface area contributed by atoms with Crippen molar-refractivity contribution in [2.75, 3.05) is 0 Å². The highest BCUT2D eigenvalue weighted by Crippen LogP contribution is 2.35. The van der Waals surface area contributed by atoms with Gasteiger partial charge in [0.05, 0.1) is 11.1 Å². The van der Waals surface area contributed by atoms with Gasteiger partial charge in [-0.3, -0.25) is 0 Å². The predicted molar refractivity (Wildman–Crippen MR) is 121 cm³/mol. The van der Waals surface area contributed by atoms with Crippen molar-refractivity contribution in [3.05, 3.63) is 84.9 Å². The zero-order valence-electron chi connectivity index (χ0n) is 16.7. The van der Waals surface area contributed by atoms with Gasteiger partial charge in [0.2, 0.25) is 11.8 Å². The molecule has 0 aliphatic heterocycles. The van der Waals surface area contributed by atoms with Crippen LogP contribution in [0.15, 0.2) is 93.8 Å². The smallest absolute Gasteiger partial charge is 0.231 e. The molecule has 0 bridgehead atoms. The maximum Gasteiger partial charge on any atom is 0.231 e. The molecule has 2 heterocycles. The fraction of sp³-hybridized carbons (Fsp3) is 0. The Morgan fingerprint density at radius 1 is 0.531 bits per heavy atom. The molecule has 0 spiro atoms. The summed E-state index contributed by atoms with van der Waals surface area (Å²) in [6, 6.07) is 25.4. The van der Waals surface area contributed by atoms with Crippen LogP contribution in [-0.4, -0.2) is 20.2 Å². The minimum Gasteiger partial charge on any atom is -0.507 e. The van der Waals surface area contributed by atoms with Crippen LogP contribution in [0.25, 0.3) is 56.2 Å². The van der Waals surface area contributed by atoms with Crippen molar-refractivity contribution >= 4 is 22.2 Å². The van der Waals surface area contributed by atoms with E-state index >= 15 is 0 Å². The summed E-state index contributed by atoms with van der Waals surface area (Å²) in [7, 11) is 0. The number of nitrogens with zero attached hydrogens (tertiary/aromatic N) is 2. The molecule has 2 aromatic heterocycles. The first-order valence-electron chi connectivity index (χ1n) is 10.0. The van der Waals surface area contributed by atoms with Gasteiger partial charge in [0.25, 0.3) is 0 Å².